The van der Waals surface area contributed by atoms with Gasteiger partial charge in [0.2, 0.25) is 0 Å². The van der Waals surface area contributed by atoms with E-state index in [1.165, 1.54) is 6.20 Å². The Kier molecular flexibility index (Phi) is 5.63. The fourth-order valence-corrected chi connectivity index (χ4v) is 2.01. The van der Waals surface area contributed by atoms with Crippen molar-refractivity contribution in [1.29, 1.82) is 0 Å². The third-order valence-electron chi connectivity index (χ3n) is 2.13. The first kappa shape index (κ1) is 14.5. The molecule has 1 amide bonds. The van der Waals surface area contributed by atoms with E-state index in [0.717, 1.165) is 10.4 Å². The molecule has 8 heteroatoms. The van der Waals surface area contributed by atoms with Gasteiger partial charge in [0, 0.05) is 6.54 Å². The lowest BCUT2D eigenvalue weighted by Gasteiger charge is -2.09. The summed E-state index contributed by atoms with van der Waals surface area (Å²) in [6.07, 6.45) is 3.33. The van der Waals surface area contributed by atoms with Crippen LogP contribution in [0.15, 0.2) is 6.20 Å². The molecule has 0 spiro atoms. The van der Waals surface area contributed by atoms with Crippen LogP contribution in [0.4, 0.5) is 0 Å². The molecule has 1 aromatic rings. The van der Waals surface area contributed by atoms with Gasteiger partial charge < -0.3 is 10.4 Å². The summed E-state index contributed by atoms with van der Waals surface area (Å²) in [7, 11) is 0. The number of nitrogens with one attached hydrogen (secondary N) is 1. The third-order valence-corrected chi connectivity index (χ3v) is 3.03. The maximum atomic E-state index is 11.7. The zero-order valence-corrected chi connectivity index (χ0v) is 11.1. The molecule has 1 aromatic heterocycles. The quantitative estimate of drug-likeness (QED) is 0.730. The second kappa shape index (κ2) is 7.00. The highest BCUT2D eigenvalue weighted by atomic mass is 32.2. The highest BCUT2D eigenvalue weighted by molar-refractivity contribution is 7.98. The van der Waals surface area contributed by atoms with Crippen molar-refractivity contribution in [2.24, 2.45) is 5.92 Å². The minimum atomic E-state index is -1.03. The zero-order chi connectivity index (χ0) is 13.5. The molecule has 0 aromatic carbocycles. The third kappa shape index (κ3) is 4.74. The molecule has 0 saturated carbocycles. The summed E-state index contributed by atoms with van der Waals surface area (Å²) in [5, 5.41) is 18.5. The molecule has 7 nitrogen and oxygen atoms in total. The van der Waals surface area contributed by atoms with Gasteiger partial charge in [0.05, 0.1) is 6.20 Å². The summed E-state index contributed by atoms with van der Waals surface area (Å²) in [5.41, 5.74) is 0.132. The Labute approximate surface area is 109 Å². The number of carbonyl (C=O) groups is 2. The molecule has 0 radical (unpaired) electrons. The van der Waals surface area contributed by atoms with Crippen molar-refractivity contribution in [2.45, 2.75) is 13.5 Å². The lowest BCUT2D eigenvalue weighted by atomic mass is 10.2. The van der Waals surface area contributed by atoms with Crippen LogP contribution in [0.5, 0.6) is 0 Å². The van der Waals surface area contributed by atoms with E-state index in [-0.39, 0.29) is 18.1 Å². The van der Waals surface area contributed by atoms with Crippen LogP contribution in [0, 0.1) is 5.92 Å². The number of amides is 1. The van der Waals surface area contributed by atoms with Crippen molar-refractivity contribution in [2.75, 3.05) is 18.6 Å². The van der Waals surface area contributed by atoms with E-state index >= 15 is 0 Å². The predicted molar refractivity (Wildman–Crippen MR) is 67.5 cm³/mol. The standard InChI is InChI=1S/C10H16N4O3S/c1-7(6-18-2)3-11-10(17)8-4-14(13-12-8)5-9(15)16/h4,7H,3,5-6H2,1-2H3,(H,11,17)(H,15,16). The average Bonchev–Trinajstić information content (AvgIpc) is 2.74. The molecular weight excluding hydrogens is 256 g/mol. The van der Waals surface area contributed by atoms with Gasteiger partial charge in [0.25, 0.3) is 5.91 Å². The molecule has 1 unspecified atom stereocenters. The maximum Gasteiger partial charge on any atom is 0.325 e. The summed E-state index contributed by atoms with van der Waals surface area (Å²) in [6.45, 7) is 2.30. The second-order valence-corrected chi connectivity index (χ2v) is 4.88. The highest BCUT2D eigenvalue weighted by Crippen LogP contribution is 2.03. The Morgan fingerprint density at radius 3 is 2.94 bits per heavy atom. The summed E-state index contributed by atoms with van der Waals surface area (Å²) in [6, 6.07) is 0. The van der Waals surface area contributed by atoms with Crippen LogP contribution in [-0.2, 0) is 11.3 Å². The molecule has 0 bridgehead atoms. The number of nitrogens with zero attached hydrogens (tertiary/aromatic N) is 3. The Morgan fingerprint density at radius 1 is 1.61 bits per heavy atom. The van der Waals surface area contributed by atoms with Crippen LogP contribution < -0.4 is 5.32 Å². The van der Waals surface area contributed by atoms with Gasteiger partial charge >= 0.3 is 5.97 Å². The molecule has 0 saturated heterocycles. The molecule has 1 rings (SSSR count). The first-order chi connectivity index (χ1) is 8.52. The van der Waals surface area contributed by atoms with Crippen molar-refractivity contribution in [3.05, 3.63) is 11.9 Å². The van der Waals surface area contributed by atoms with Crippen molar-refractivity contribution in [3.8, 4) is 0 Å². The number of carbonyl (C=O) groups excluding carboxylic acids is 1. The molecule has 0 aliphatic heterocycles. The number of rotatable bonds is 7. The number of carboxylic acid groups (broad SMARTS) is 1. The Hall–Kier alpha value is -1.57. The Balaban J connectivity index is 2.46. The molecule has 100 valence electrons. The summed E-state index contributed by atoms with van der Waals surface area (Å²) >= 11 is 1.72. The molecule has 18 heavy (non-hydrogen) atoms. The molecule has 1 heterocycles. The van der Waals surface area contributed by atoms with Crippen molar-refractivity contribution in [1.82, 2.24) is 20.3 Å². The topological polar surface area (TPSA) is 97.1 Å². The number of aromatic nitrogens is 3. The number of hydrogen-bond acceptors (Lipinski definition) is 5. The summed E-state index contributed by atoms with van der Waals surface area (Å²) < 4.78 is 1.11. The van der Waals surface area contributed by atoms with Crippen LogP contribution in [0.2, 0.25) is 0 Å². The molecule has 0 fully saturated rings. The second-order valence-electron chi connectivity index (χ2n) is 3.97. The van der Waals surface area contributed by atoms with E-state index in [4.69, 9.17) is 5.11 Å². The maximum absolute atomic E-state index is 11.7. The van der Waals surface area contributed by atoms with E-state index in [1.54, 1.807) is 11.8 Å². The number of carboxylic acids is 1. The van der Waals surface area contributed by atoms with E-state index in [0.29, 0.717) is 12.5 Å². The predicted octanol–water partition coefficient (Wildman–Crippen LogP) is 0.0916. The minimum absolute atomic E-state index is 0.132. The van der Waals surface area contributed by atoms with E-state index < -0.39 is 5.97 Å². The SMILES string of the molecule is CSCC(C)CNC(=O)c1cn(CC(=O)O)nn1. The van der Waals surface area contributed by atoms with Gasteiger partial charge in [-0.3, -0.25) is 9.59 Å². The fraction of sp³-hybridized carbons (Fsp3) is 0.600. The van der Waals surface area contributed by atoms with E-state index in [9.17, 15) is 9.59 Å². The summed E-state index contributed by atoms with van der Waals surface area (Å²) in [5.74, 6) is -0.0236. The summed E-state index contributed by atoms with van der Waals surface area (Å²) in [4.78, 5) is 22.1. The van der Waals surface area contributed by atoms with E-state index in [2.05, 4.69) is 15.6 Å². The van der Waals surface area contributed by atoms with Gasteiger partial charge in [-0.2, -0.15) is 11.8 Å². The Bertz CT molecular complexity index is 421. The van der Waals surface area contributed by atoms with Crippen molar-refractivity contribution in [3.63, 3.8) is 0 Å². The van der Waals surface area contributed by atoms with Crippen molar-refractivity contribution >= 4 is 23.6 Å². The Morgan fingerprint density at radius 2 is 2.33 bits per heavy atom. The van der Waals surface area contributed by atoms with Gasteiger partial charge in [0.1, 0.15) is 6.54 Å². The molecule has 1 atom stereocenters. The van der Waals surface area contributed by atoms with Crippen LogP contribution in [0.1, 0.15) is 17.4 Å². The van der Waals surface area contributed by atoms with Gasteiger partial charge in [0.15, 0.2) is 5.69 Å². The first-order valence-electron chi connectivity index (χ1n) is 5.42. The smallest absolute Gasteiger partial charge is 0.325 e. The normalized spacial score (nSPS) is 12.1. The van der Waals surface area contributed by atoms with Crippen LogP contribution >= 0.6 is 11.8 Å². The van der Waals surface area contributed by atoms with E-state index in [1.807, 2.05) is 13.2 Å². The van der Waals surface area contributed by atoms with Crippen LogP contribution in [-0.4, -0.2) is 50.5 Å². The lowest BCUT2D eigenvalue weighted by molar-refractivity contribution is -0.137. The fourth-order valence-electron chi connectivity index (χ4n) is 1.32. The number of aliphatic carboxylic acids is 1. The van der Waals surface area contributed by atoms with Crippen molar-refractivity contribution < 1.29 is 14.7 Å². The van der Waals surface area contributed by atoms with Crippen LogP contribution in [0.25, 0.3) is 0 Å². The van der Waals surface area contributed by atoms with Gasteiger partial charge in [-0.1, -0.05) is 12.1 Å². The zero-order valence-electron chi connectivity index (χ0n) is 10.3. The average molecular weight is 272 g/mol. The minimum Gasteiger partial charge on any atom is -0.480 e. The largest absolute Gasteiger partial charge is 0.480 e. The number of hydrogen-bond donors (Lipinski definition) is 2. The highest BCUT2D eigenvalue weighted by Gasteiger charge is 2.12. The van der Waals surface area contributed by atoms with Gasteiger partial charge in [-0.05, 0) is 17.9 Å². The van der Waals surface area contributed by atoms with Gasteiger partial charge in [-0.15, -0.1) is 5.10 Å². The first-order valence-corrected chi connectivity index (χ1v) is 6.81. The van der Waals surface area contributed by atoms with Gasteiger partial charge in [-0.25, -0.2) is 4.68 Å². The molecular formula is C10H16N4O3S. The molecule has 2 N–H and O–H groups in total. The lowest BCUT2D eigenvalue weighted by Crippen LogP contribution is -2.29. The van der Waals surface area contributed by atoms with Crippen LogP contribution in [0.3, 0.4) is 0 Å². The number of thioether (sulfide) groups is 1. The molecule has 0 aliphatic rings. The molecule has 0 aliphatic carbocycles. The monoisotopic (exact) mass is 272 g/mol.